The van der Waals surface area contributed by atoms with Gasteiger partial charge in [0.25, 0.3) is 0 Å². The fourth-order valence-electron chi connectivity index (χ4n) is 8.23. The van der Waals surface area contributed by atoms with Crippen LogP contribution in [0.2, 0.25) is 0 Å². The van der Waals surface area contributed by atoms with Crippen LogP contribution in [0.1, 0.15) is 83.1 Å². The molecule has 4 aliphatic rings. The molecule has 0 radical (unpaired) electrons. The number of amides is 4. The summed E-state index contributed by atoms with van der Waals surface area (Å²) in [5.74, 6) is -2.28. The highest BCUT2D eigenvalue weighted by atomic mass is 32.2. The fourth-order valence-corrected chi connectivity index (χ4v) is 11.1. The number of hydrogen-bond donors (Lipinski definition) is 3. The molecule has 1 aromatic rings. The predicted octanol–water partition coefficient (Wildman–Crippen LogP) is 3.02. The molecule has 0 aromatic heterocycles. The molecule has 0 aliphatic carbocycles. The van der Waals surface area contributed by atoms with Gasteiger partial charge in [-0.1, -0.05) is 30.3 Å². The van der Waals surface area contributed by atoms with Gasteiger partial charge in [-0.3, -0.25) is 19.2 Å². The molecule has 8 unspecified atom stereocenters. The summed E-state index contributed by atoms with van der Waals surface area (Å²) in [5, 5.41) is 15.8. The number of ether oxygens (including phenoxy) is 2. The quantitative estimate of drug-likeness (QED) is 0.252. The van der Waals surface area contributed by atoms with E-state index in [1.807, 2.05) is 37.3 Å². The first-order valence-electron chi connectivity index (χ1n) is 18.8. The molecule has 5 rings (SSSR count). The van der Waals surface area contributed by atoms with Crippen molar-refractivity contribution in [2.75, 3.05) is 32.3 Å². The Labute approximate surface area is 320 Å². The molecule has 0 bridgehead atoms. The van der Waals surface area contributed by atoms with E-state index < -0.39 is 52.8 Å². The number of nitrogens with zero attached hydrogens (tertiary/aromatic N) is 2. The number of esters is 2. The lowest BCUT2D eigenvalue weighted by Gasteiger charge is -2.47. The maximum Gasteiger partial charge on any atom is 0.328 e. The highest BCUT2D eigenvalue weighted by Gasteiger charge is 2.50. The van der Waals surface area contributed by atoms with Gasteiger partial charge in [-0.15, -0.1) is 23.5 Å². The summed E-state index contributed by atoms with van der Waals surface area (Å²) in [6.45, 7) is 1.72. The van der Waals surface area contributed by atoms with Crippen LogP contribution in [-0.4, -0.2) is 117 Å². The molecule has 8 atom stereocenters. The zero-order chi connectivity index (χ0) is 38.1. The Hall–Kier alpha value is -3.30. The van der Waals surface area contributed by atoms with Gasteiger partial charge in [-0.2, -0.15) is 0 Å². The fraction of sp³-hybridized carbons (Fsp3) is 0.684. The molecule has 3 N–H and O–H groups in total. The number of hydrogen-bond acceptors (Lipinski definition) is 11. The number of piperidine rings is 2. The van der Waals surface area contributed by atoms with E-state index in [1.54, 1.807) is 33.3 Å². The van der Waals surface area contributed by atoms with E-state index in [9.17, 15) is 33.9 Å². The molecule has 15 heteroatoms. The van der Waals surface area contributed by atoms with Crippen LogP contribution >= 0.6 is 23.5 Å². The zero-order valence-electron chi connectivity index (χ0n) is 31.0. The monoisotopic (exact) mass is 774 g/mol. The first-order valence-corrected chi connectivity index (χ1v) is 20.9. The molecule has 1 aromatic carbocycles. The number of nitrogens with one attached hydrogen (secondary N) is 2. The van der Waals surface area contributed by atoms with Crippen LogP contribution < -0.4 is 10.6 Å². The Bertz CT molecular complexity index is 1480. The summed E-state index contributed by atoms with van der Waals surface area (Å²) in [6, 6.07) is 6.45. The second-order valence-electron chi connectivity index (χ2n) is 14.6. The lowest BCUT2D eigenvalue weighted by Crippen LogP contribution is -2.62. The molecule has 4 aliphatic heterocycles. The number of aliphatic hydroxyl groups is 1. The number of rotatable bonds is 13. The van der Waals surface area contributed by atoms with Gasteiger partial charge in [0.15, 0.2) is 0 Å². The van der Waals surface area contributed by atoms with E-state index in [-0.39, 0.29) is 54.9 Å². The van der Waals surface area contributed by atoms with Crippen molar-refractivity contribution in [3.05, 3.63) is 35.9 Å². The van der Waals surface area contributed by atoms with Crippen LogP contribution in [0.5, 0.6) is 0 Å². The van der Waals surface area contributed by atoms with Crippen molar-refractivity contribution >= 4 is 59.1 Å². The third-order valence-corrected chi connectivity index (χ3v) is 13.9. The molecule has 4 heterocycles. The van der Waals surface area contributed by atoms with E-state index in [0.717, 1.165) is 31.2 Å². The molecule has 4 fully saturated rings. The summed E-state index contributed by atoms with van der Waals surface area (Å²) >= 11 is 3.23. The lowest BCUT2D eigenvalue weighted by molar-refractivity contribution is -0.159. The normalized spacial score (nSPS) is 28.6. The van der Waals surface area contributed by atoms with Gasteiger partial charge in [0.05, 0.1) is 24.5 Å². The minimum Gasteiger partial charge on any atom is -0.467 e. The number of thioether (sulfide) groups is 2. The highest BCUT2D eigenvalue weighted by molar-refractivity contribution is 8.00. The van der Waals surface area contributed by atoms with Crippen LogP contribution in [0.4, 0.5) is 0 Å². The Morgan fingerprint density at radius 3 is 2.15 bits per heavy atom. The molecular formula is C38H54N4O9S2. The van der Waals surface area contributed by atoms with E-state index in [0.29, 0.717) is 43.6 Å². The summed E-state index contributed by atoms with van der Waals surface area (Å²) in [4.78, 5) is 84.0. The predicted molar refractivity (Wildman–Crippen MR) is 201 cm³/mol. The van der Waals surface area contributed by atoms with Crippen LogP contribution in [-0.2, 0) is 44.7 Å². The second-order valence-corrected chi connectivity index (χ2v) is 17.4. The standard InChI is InChI=1S/C38H54N4O9S2/c1-38-19-8-12-30(37(49)51-3)42(38)35(47)28(18-22-53-38)40-33(45)26(23-24-9-5-4-6-10-24)15-14-25(16-20-43)32(44)39-27-17-21-52-31-13-7-11-29(36(48)50-2)41(31)34(27)46/h4-6,9-10,25-31,43H,7-8,11-23H2,1-3H3,(H,39,44)(H,40,45). The summed E-state index contributed by atoms with van der Waals surface area (Å²) in [5.41, 5.74) is 0.922. The van der Waals surface area contributed by atoms with Crippen LogP contribution in [0, 0.1) is 11.8 Å². The summed E-state index contributed by atoms with van der Waals surface area (Å²) in [6.07, 6.45) is 5.94. The van der Waals surface area contributed by atoms with E-state index >= 15 is 0 Å². The van der Waals surface area contributed by atoms with Gasteiger partial charge in [0.1, 0.15) is 24.2 Å². The van der Waals surface area contributed by atoms with Gasteiger partial charge in [0.2, 0.25) is 23.6 Å². The topological polar surface area (TPSA) is 172 Å². The lowest BCUT2D eigenvalue weighted by atomic mass is 9.88. The van der Waals surface area contributed by atoms with E-state index in [4.69, 9.17) is 9.47 Å². The Morgan fingerprint density at radius 1 is 0.830 bits per heavy atom. The maximum absolute atomic E-state index is 14.1. The molecule has 292 valence electrons. The smallest absolute Gasteiger partial charge is 0.328 e. The third-order valence-electron chi connectivity index (χ3n) is 11.1. The molecule has 4 amide bonds. The van der Waals surface area contributed by atoms with Crippen LogP contribution in [0.15, 0.2) is 30.3 Å². The van der Waals surface area contributed by atoms with Crippen molar-refractivity contribution in [2.45, 2.75) is 118 Å². The largest absolute Gasteiger partial charge is 0.467 e. The number of methoxy groups -OCH3 is 2. The number of carbonyl (C=O) groups is 6. The van der Waals surface area contributed by atoms with Crippen molar-refractivity contribution in [3.8, 4) is 0 Å². The molecule has 53 heavy (non-hydrogen) atoms. The molecular weight excluding hydrogens is 721 g/mol. The Balaban J connectivity index is 1.30. The first kappa shape index (κ1) is 40.9. The van der Waals surface area contributed by atoms with Crippen molar-refractivity contribution in [2.24, 2.45) is 11.8 Å². The SMILES string of the molecule is COC(=O)C1CCCC2SCCC(NC(=O)C(CCO)CCC(Cc3ccccc3)C(=O)NC3CCSC4(C)CCCC(C(=O)OC)N4C3=O)C(=O)N21. The molecule has 4 saturated heterocycles. The maximum atomic E-state index is 14.1. The molecule has 0 spiro atoms. The third kappa shape index (κ3) is 9.69. The summed E-state index contributed by atoms with van der Waals surface area (Å²) < 4.78 is 10.1. The highest BCUT2D eigenvalue weighted by Crippen LogP contribution is 2.44. The minimum absolute atomic E-state index is 0.138. The van der Waals surface area contributed by atoms with Crippen LogP contribution in [0.3, 0.4) is 0 Å². The van der Waals surface area contributed by atoms with Crippen molar-refractivity contribution < 1.29 is 43.3 Å². The zero-order valence-corrected chi connectivity index (χ0v) is 32.6. The van der Waals surface area contributed by atoms with Gasteiger partial charge in [-0.05, 0) is 101 Å². The van der Waals surface area contributed by atoms with Gasteiger partial charge >= 0.3 is 11.9 Å². The first-order chi connectivity index (χ1) is 25.5. The van der Waals surface area contributed by atoms with E-state index in [2.05, 4.69) is 10.6 Å². The van der Waals surface area contributed by atoms with Crippen molar-refractivity contribution in [1.82, 2.24) is 20.4 Å². The van der Waals surface area contributed by atoms with Crippen molar-refractivity contribution in [3.63, 3.8) is 0 Å². The number of benzene rings is 1. The average molecular weight is 775 g/mol. The van der Waals surface area contributed by atoms with Gasteiger partial charge in [-0.25, -0.2) is 9.59 Å². The Kier molecular flexibility index (Phi) is 14.5. The second kappa shape index (κ2) is 18.8. The number of carbonyl (C=O) groups excluding carboxylic acids is 6. The van der Waals surface area contributed by atoms with Crippen molar-refractivity contribution in [1.29, 1.82) is 0 Å². The van der Waals surface area contributed by atoms with E-state index in [1.165, 1.54) is 14.2 Å². The molecule has 0 saturated carbocycles. The molecule has 13 nitrogen and oxygen atoms in total. The van der Waals surface area contributed by atoms with Gasteiger partial charge in [0, 0.05) is 18.4 Å². The van der Waals surface area contributed by atoms with Gasteiger partial charge < -0.3 is 35.0 Å². The number of fused-ring (bicyclic) bond motifs is 2. The average Bonchev–Trinajstić information content (AvgIpc) is 3.40. The Morgan fingerprint density at radius 2 is 1.45 bits per heavy atom. The number of aliphatic hydroxyl groups excluding tert-OH is 1. The van der Waals surface area contributed by atoms with Crippen LogP contribution in [0.25, 0.3) is 0 Å². The summed E-state index contributed by atoms with van der Waals surface area (Å²) in [7, 11) is 2.63. The minimum atomic E-state index is -0.830.